The molecule has 0 aliphatic rings. The smallest absolute Gasteiger partial charge is 0.277 e. The molecule has 2 rings (SSSR count). The van der Waals surface area contributed by atoms with Crippen LogP contribution in [0.1, 0.15) is 16.7 Å². The average Bonchev–Trinajstić information content (AvgIpc) is 2.63. The van der Waals surface area contributed by atoms with E-state index in [1.165, 1.54) is 7.11 Å². The maximum atomic E-state index is 11.8. The van der Waals surface area contributed by atoms with E-state index in [4.69, 9.17) is 9.47 Å². The van der Waals surface area contributed by atoms with Crippen molar-refractivity contribution in [1.82, 2.24) is 5.43 Å². The van der Waals surface area contributed by atoms with Crippen LogP contribution in [0.2, 0.25) is 0 Å². The molecular formula is C18H19N3O6. The van der Waals surface area contributed by atoms with Gasteiger partial charge in [0, 0.05) is 11.6 Å². The number of benzene rings is 2. The number of aromatic hydroxyl groups is 1. The first-order chi connectivity index (χ1) is 12.8. The number of ether oxygens (including phenoxy) is 2. The number of carbonyl (C=O) groups excluding carboxylic acids is 1. The van der Waals surface area contributed by atoms with Gasteiger partial charge in [-0.25, -0.2) is 5.43 Å². The molecule has 0 aliphatic carbocycles. The maximum absolute atomic E-state index is 11.8. The van der Waals surface area contributed by atoms with Crippen molar-refractivity contribution in [3.05, 3.63) is 57.1 Å². The zero-order valence-electron chi connectivity index (χ0n) is 15.1. The van der Waals surface area contributed by atoms with E-state index >= 15 is 0 Å². The van der Waals surface area contributed by atoms with E-state index in [1.54, 1.807) is 6.07 Å². The van der Waals surface area contributed by atoms with E-state index in [0.717, 1.165) is 29.5 Å². The van der Waals surface area contributed by atoms with Crippen molar-refractivity contribution in [3.8, 4) is 17.2 Å². The number of methoxy groups -OCH3 is 1. The van der Waals surface area contributed by atoms with Crippen molar-refractivity contribution in [2.45, 2.75) is 13.8 Å². The van der Waals surface area contributed by atoms with Crippen LogP contribution in [-0.2, 0) is 4.79 Å². The number of amides is 1. The third-order valence-corrected chi connectivity index (χ3v) is 3.76. The lowest BCUT2D eigenvalue weighted by Gasteiger charge is -2.07. The second-order valence-corrected chi connectivity index (χ2v) is 5.67. The lowest BCUT2D eigenvalue weighted by Crippen LogP contribution is -2.24. The van der Waals surface area contributed by atoms with Crippen LogP contribution < -0.4 is 14.9 Å². The number of hydrogen-bond acceptors (Lipinski definition) is 7. The number of carbonyl (C=O) groups is 1. The molecule has 0 spiro atoms. The Morgan fingerprint density at radius 3 is 2.67 bits per heavy atom. The van der Waals surface area contributed by atoms with Crippen LogP contribution in [0.25, 0.3) is 0 Å². The molecule has 2 aromatic carbocycles. The minimum absolute atomic E-state index is 0.0245. The molecule has 9 heteroatoms. The normalized spacial score (nSPS) is 10.6. The summed E-state index contributed by atoms with van der Waals surface area (Å²) in [6.07, 6.45) is 1.08. The number of nitrogens with one attached hydrogen (secondary N) is 1. The summed E-state index contributed by atoms with van der Waals surface area (Å²) in [5.74, 6) is -0.373. The molecule has 1 amide bonds. The van der Waals surface area contributed by atoms with E-state index in [9.17, 15) is 20.0 Å². The Balaban J connectivity index is 2.00. The number of hydrogen-bond donors (Lipinski definition) is 2. The van der Waals surface area contributed by atoms with Crippen LogP contribution in [0.5, 0.6) is 17.2 Å². The number of phenols is 1. The monoisotopic (exact) mass is 373 g/mol. The molecule has 2 aromatic rings. The Morgan fingerprint density at radius 2 is 2.04 bits per heavy atom. The highest BCUT2D eigenvalue weighted by atomic mass is 16.6. The quantitative estimate of drug-likeness (QED) is 0.436. The van der Waals surface area contributed by atoms with E-state index < -0.39 is 10.8 Å². The number of phenolic OH excluding ortho intramolecular Hbond substituents is 1. The average molecular weight is 373 g/mol. The molecule has 0 saturated carbocycles. The van der Waals surface area contributed by atoms with Crippen molar-refractivity contribution in [2.24, 2.45) is 5.10 Å². The standard InChI is InChI=1S/C18H19N3O6/c1-11-4-5-15(6-12(11)2)27-10-17(22)20-19-9-13-7-14(21(24)25)8-16(26-3)18(13)23/h4-9,23H,10H2,1-3H3,(H,20,22)/b19-9-. The molecule has 0 aromatic heterocycles. The molecule has 0 bridgehead atoms. The van der Waals surface area contributed by atoms with E-state index in [-0.39, 0.29) is 29.4 Å². The highest BCUT2D eigenvalue weighted by molar-refractivity contribution is 5.87. The van der Waals surface area contributed by atoms with Crippen molar-refractivity contribution < 1.29 is 24.3 Å². The van der Waals surface area contributed by atoms with Crippen LogP contribution in [0.15, 0.2) is 35.4 Å². The topological polar surface area (TPSA) is 123 Å². The van der Waals surface area contributed by atoms with Gasteiger partial charge < -0.3 is 14.6 Å². The fourth-order valence-corrected chi connectivity index (χ4v) is 2.13. The lowest BCUT2D eigenvalue weighted by molar-refractivity contribution is -0.385. The zero-order chi connectivity index (χ0) is 20.0. The third-order valence-electron chi connectivity index (χ3n) is 3.76. The van der Waals surface area contributed by atoms with Gasteiger partial charge in [-0.2, -0.15) is 5.10 Å². The van der Waals surface area contributed by atoms with Gasteiger partial charge in [0.2, 0.25) is 0 Å². The fourth-order valence-electron chi connectivity index (χ4n) is 2.13. The van der Waals surface area contributed by atoms with Crippen LogP contribution in [-0.4, -0.2) is 35.9 Å². The number of hydrazone groups is 1. The van der Waals surface area contributed by atoms with Crippen LogP contribution in [0, 0.1) is 24.0 Å². The third kappa shape index (κ3) is 5.18. The summed E-state index contributed by atoms with van der Waals surface area (Å²) in [7, 11) is 1.27. The first-order valence-electron chi connectivity index (χ1n) is 7.89. The predicted octanol–water partition coefficient (Wildman–Crippen LogP) is 2.45. The number of non-ortho nitro benzene ring substituents is 1. The van der Waals surface area contributed by atoms with Gasteiger partial charge in [-0.3, -0.25) is 14.9 Å². The second kappa shape index (κ2) is 8.65. The van der Waals surface area contributed by atoms with Gasteiger partial charge in [-0.05, 0) is 37.1 Å². The zero-order valence-corrected chi connectivity index (χ0v) is 15.1. The van der Waals surface area contributed by atoms with E-state index in [0.29, 0.717) is 5.75 Å². The number of nitrogens with zero attached hydrogens (tertiary/aromatic N) is 2. The van der Waals surface area contributed by atoms with Gasteiger partial charge in [-0.15, -0.1) is 0 Å². The number of nitro benzene ring substituents is 1. The molecule has 27 heavy (non-hydrogen) atoms. The molecule has 2 N–H and O–H groups in total. The van der Waals surface area contributed by atoms with Gasteiger partial charge >= 0.3 is 0 Å². The lowest BCUT2D eigenvalue weighted by atomic mass is 10.1. The van der Waals surface area contributed by atoms with Crippen LogP contribution in [0.3, 0.4) is 0 Å². The number of rotatable bonds is 7. The van der Waals surface area contributed by atoms with Crippen LogP contribution >= 0.6 is 0 Å². The molecule has 0 atom stereocenters. The maximum Gasteiger partial charge on any atom is 0.277 e. The molecule has 0 fully saturated rings. The van der Waals surface area contributed by atoms with Gasteiger partial charge in [0.25, 0.3) is 11.6 Å². The SMILES string of the molecule is COc1cc([N+](=O)[O-])cc(/C=N\NC(=O)COc2ccc(C)c(C)c2)c1O. The summed E-state index contributed by atoms with van der Waals surface area (Å²) in [6.45, 7) is 3.65. The predicted molar refractivity (Wildman–Crippen MR) is 98.5 cm³/mol. The number of nitro groups is 1. The first kappa shape index (κ1) is 19.7. The molecule has 0 radical (unpaired) electrons. The molecule has 0 heterocycles. The van der Waals surface area contributed by atoms with Gasteiger partial charge in [0.1, 0.15) is 5.75 Å². The first-order valence-corrected chi connectivity index (χ1v) is 7.89. The molecule has 9 nitrogen and oxygen atoms in total. The summed E-state index contributed by atoms with van der Waals surface area (Å²) in [6, 6.07) is 7.66. The second-order valence-electron chi connectivity index (χ2n) is 5.67. The highest BCUT2D eigenvalue weighted by Crippen LogP contribution is 2.33. The minimum atomic E-state index is -0.630. The van der Waals surface area contributed by atoms with Gasteiger partial charge in [0.05, 0.1) is 24.3 Å². The summed E-state index contributed by atoms with van der Waals surface area (Å²) >= 11 is 0. The fraction of sp³-hybridized carbons (Fsp3) is 0.222. The molecular weight excluding hydrogens is 354 g/mol. The highest BCUT2D eigenvalue weighted by Gasteiger charge is 2.15. The molecule has 0 aliphatic heterocycles. The Labute approximate surface area is 155 Å². The van der Waals surface area contributed by atoms with Gasteiger partial charge in [-0.1, -0.05) is 6.07 Å². The van der Waals surface area contributed by atoms with Crippen molar-refractivity contribution in [1.29, 1.82) is 0 Å². The summed E-state index contributed by atoms with van der Waals surface area (Å²) in [4.78, 5) is 22.1. The Kier molecular flexibility index (Phi) is 6.32. The Bertz CT molecular complexity index is 895. The van der Waals surface area contributed by atoms with E-state index in [2.05, 4.69) is 10.5 Å². The summed E-state index contributed by atoms with van der Waals surface area (Å²) < 4.78 is 10.3. The molecule has 0 unspecified atom stereocenters. The van der Waals surface area contributed by atoms with Crippen molar-refractivity contribution in [2.75, 3.05) is 13.7 Å². The van der Waals surface area contributed by atoms with Crippen molar-refractivity contribution in [3.63, 3.8) is 0 Å². The van der Waals surface area contributed by atoms with Gasteiger partial charge in [0.15, 0.2) is 18.1 Å². The molecule has 142 valence electrons. The largest absolute Gasteiger partial charge is 0.504 e. The van der Waals surface area contributed by atoms with E-state index in [1.807, 2.05) is 26.0 Å². The Hall–Kier alpha value is -3.62. The summed E-state index contributed by atoms with van der Waals surface area (Å²) in [5.41, 5.74) is 4.12. The summed E-state index contributed by atoms with van der Waals surface area (Å²) in [5, 5.41) is 24.6. The van der Waals surface area contributed by atoms with Crippen molar-refractivity contribution >= 4 is 17.8 Å². The molecule has 0 saturated heterocycles. The minimum Gasteiger partial charge on any atom is -0.504 e. The Morgan fingerprint density at radius 1 is 1.30 bits per heavy atom. The number of aryl methyl sites for hydroxylation is 2. The van der Waals surface area contributed by atoms with Crippen LogP contribution in [0.4, 0.5) is 5.69 Å².